The van der Waals surface area contributed by atoms with Gasteiger partial charge in [0.2, 0.25) is 6.10 Å². The smallest absolute Gasteiger partial charge is 0.427 e. The van der Waals surface area contributed by atoms with E-state index in [4.69, 9.17) is 4.74 Å². The van der Waals surface area contributed by atoms with E-state index in [1.165, 1.54) is 6.07 Å². The van der Waals surface area contributed by atoms with Crippen molar-refractivity contribution in [1.29, 1.82) is 0 Å². The minimum atomic E-state index is -4.32. The number of anilines is 1. The van der Waals surface area contributed by atoms with Crippen LogP contribution in [0.3, 0.4) is 0 Å². The number of ether oxygens (including phenoxy) is 1. The van der Waals surface area contributed by atoms with Crippen LogP contribution >= 0.6 is 0 Å². The molecule has 0 spiro atoms. The van der Waals surface area contributed by atoms with Gasteiger partial charge in [0.1, 0.15) is 5.75 Å². The molecule has 1 aromatic rings. The third-order valence-corrected chi connectivity index (χ3v) is 2.00. The Morgan fingerprint density at radius 3 is 2.71 bits per heavy atom. The fourth-order valence-electron chi connectivity index (χ4n) is 1.30. The Morgan fingerprint density at radius 2 is 2.00 bits per heavy atom. The largest absolute Gasteiger partial charge is 0.477 e. The Morgan fingerprint density at radius 1 is 1.29 bits per heavy atom. The van der Waals surface area contributed by atoms with Crippen molar-refractivity contribution in [3.63, 3.8) is 0 Å². The maximum Gasteiger partial charge on any atom is 0.427 e. The van der Waals surface area contributed by atoms with Crippen LogP contribution in [0.1, 0.15) is 0 Å². The van der Waals surface area contributed by atoms with E-state index in [9.17, 15) is 13.2 Å². The maximum atomic E-state index is 12.3. The molecule has 0 saturated heterocycles. The van der Waals surface area contributed by atoms with Gasteiger partial charge in [-0.25, -0.2) is 0 Å². The lowest BCUT2D eigenvalue weighted by Crippen LogP contribution is -2.42. The molecule has 0 radical (unpaired) electrons. The average molecular weight is 203 g/mol. The van der Waals surface area contributed by atoms with Crippen molar-refractivity contribution < 1.29 is 17.9 Å². The Balaban J connectivity index is 2.22. The first-order chi connectivity index (χ1) is 6.57. The van der Waals surface area contributed by atoms with Crippen LogP contribution in [0.4, 0.5) is 18.9 Å². The SMILES string of the molecule is FC(F)(F)C1CNc2ccccc2O1. The minimum absolute atomic E-state index is 0.236. The zero-order chi connectivity index (χ0) is 10.2. The lowest BCUT2D eigenvalue weighted by molar-refractivity contribution is -0.191. The van der Waals surface area contributed by atoms with Gasteiger partial charge in [-0.3, -0.25) is 0 Å². The second-order valence-corrected chi connectivity index (χ2v) is 3.03. The van der Waals surface area contributed by atoms with Gasteiger partial charge < -0.3 is 10.1 Å². The van der Waals surface area contributed by atoms with E-state index in [-0.39, 0.29) is 12.3 Å². The normalized spacial score (nSPS) is 20.6. The fraction of sp³-hybridized carbons (Fsp3) is 0.333. The summed E-state index contributed by atoms with van der Waals surface area (Å²) in [6.45, 7) is -0.236. The molecule has 1 N–H and O–H groups in total. The summed E-state index contributed by atoms with van der Waals surface area (Å²) in [4.78, 5) is 0. The van der Waals surface area contributed by atoms with Gasteiger partial charge in [-0.2, -0.15) is 13.2 Å². The number of halogens is 3. The highest BCUT2D eigenvalue weighted by Gasteiger charge is 2.43. The van der Waals surface area contributed by atoms with Gasteiger partial charge in [-0.1, -0.05) is 12.1 Å². The van der Waals surface area contributed by atoms with Crippen LogP contribution in [0.15, 0.2) is 24.3 Å². The molecule has 1 aliphatic heterocycles. The van der Waals surface area contributed by atoms with Gasteiger partial charge in [0.25, 0.3) is 0 Å². The standard InChI is InChI=1S/C9H8F3NO/c10-9(11,12)8-5-13-6-3-1-2-4-7(6)14-8/h1-4,8,13H,5H2. The van der Waals surface area contributed by atoms with Crippen molar-refractivity contribution in [1.82, 2.24) is 0 Å². The van der Waals surface area contributed by atoms with Crippen LogP contribution < -0.4 is 10.1 Å². The molecule has 0 amide bonds. The first-order valence-corrected chi connectivity index (χ1v) is 4.13. The van der Waals surface area contributed by atoms with E-state index in [1.807, 2.05) is 0 Å². The summed E-state index contributed by atoms with van der Waals surface area (Å²) in [6, 6.07) is 6.57. The van der Waals surface area contributed by atoms with Gasteiger partial charge in [-0.05, 0) is 12.1 Å². The number of hydrogen-bond acceptors (Lipinski definition) is 2. The molecule has 1 aliphatic rings. The van der Waals surface area contributed by atoms with E-state index >= 15 is 0 Å². The fourth-order valence-corrected chi connectivity index (χ4v) is 1.30. The summed E-state index contributed by atoms with van der Waals surface area (Å²) in [5.41, 5.74) is 0.605. The van der Waals surface area contributed by atoms with Crippen LogP contribution in [-0.4, -0.2) is 18.8 Å². The summed E-state index contributed by atoms with van der Waals surface area (Å²) in [6.07, 6.45) is -6.07. The molecule has 1 heterocycles. The predicted octanol–water partition coefficient (Wildman–Crippen LogP) is 2.42. The topological polar surface area (TPSA) is 21.3 Å². The van der Waals surface area contributed by atoms with Gasteiger partial charge >= 0.3 is 6.18 Å². The molecule has 0 saturated carbocycles. The first-order valence-electron chi connectivity index (χ1n) is 4.13. The molecule has 0 bridgehead atoms. The maximum absolute atomic E-state index is 12.3. The van der Waals surface area contributed by atoms with Crippen molar-refractivity contribution in [3.8, 4) is 5.75 Å². The van der Waals surface area contributed by atoms with E-state index in [2.05, 4.69) is 5.32 Å². The number of benzene rings is 1. The lowest BCUT2D eigenvalue weighted by atomic mass is 10.2. The Hall–Kier alpha value is -1.39. The molecule has 1 unspecified atom stereocenters. The number of hydrogen-bond donors (Lipinski definition) is 1. The number of fused-ring (bicyclic) bond motifs is 1. The van der Waals surface area contributed by atoms with Gasteiger partial charge in [0.15, 0.2) is 0 Å². The average Bonchev–Trinajstić information content (AvgIpc) is 2.16. The highest BCUT2D eigenvalue weighted by atomic mass is 19.4. The molecule has 0 aromatic heterocycles. The zero-order valence-electron chi connectivity index (χ0n) is 7.14. The molecular formula is C9H8F3NO. The van der Waals surface area contributed by atoms with Crippen molar-refractivity contribution in [2.45, 2.75) is 12.3 Å². The van der Waals surface area contributed by atoms with Gasteiger partial charge in [0.05, 0.1) is 12.2 Å². The zero-order valence-corrected chi connectivity index (χ0v) is 7.14. The molecule has 1 aromatic carbocycles. The van der Waals surface area contributed by atoms with Gasteiger partial charge in [-0.15, -0.1) is 0 Å². The van der Waals surface area contributed by atoms with Gasteiger partial charge in [0, 0.05) is 0 Å². The molecular weight excluding hydrogens is 195 g/mol. The van der Waals surface area contributed by atoms with Crippen LogP contribution in [0, 0.1) is 0 Å². The predicted molar refractivity (Wildman–Crippen MR) is 45.4 cm³/mol. The minimum Gasteiger partial charge on any atom is -0.477 e. The summed E-state index contributed by atoms with van der Waals surface area (Å²) < 4.78 is 41.6. The number of nitrogens with one attached hydrogen (secondary N) is 1. The van der Waals surface area contributed by atoms with E-state index in [0.717, 1.165) is 0 Å². The van der Waals surface area contributed by atoms with Crippen molar-refractivity contribution >= 4 is 5.69 Å². The van der Waals surface area contributed by atoms with Crippen LogP contribution in [0.5, 0.6) is 5.75 Å². The Bertz CT molecular complexity index is 337. The van der Waals surface area contributed by atoms with Crippen LogP contribution in [0.2, 0.25) is 0 Å². The summed E-state index contributed by atoms with van der Waals surface area (Å²) in [7, 11) is 0. The number of alkyl halides is 3. The van der Waals surface area contributed by atoms with Crippen molar-refractivity contribution in [3.05, 3.63) is 24.3 Å². The molecule has 0 aliphatic carbocycles. The molecule has 0 fully saturated rings. The van der Waals surface area contributed by atoms with Crippen LogP contribution in [0.25, 0.3) is 0 Å². The van der Waals surface area contributed by atoms with E-state index < -0.39 is 12.3 Å². The molecule has 76 valence electrons. The lowest BCUT2D eigenvalue weighted by Gasteiger charge is -2.28. The molecule has 5 heteroatoms. The Kier molecular flexibility index (Phi) is 2.02. The number of rotatable bonds is 0. The Labute approximate surface area is 78.7 Å². The molecule has 14 heavy (non-hydrogen) atoms. The summed E-state index contributed by atoms with van der Waals surface area (Å²) >= 11 is 0. The highest BCUT2D eigenvalue weighted by molar-refractivity contribution is 5.57. The van der Waals surface area contributed by atoms with Crippen molar-refractivity contribution in [2.24, 2.45) is 0 Å². The summed E-state index contributed by atoms with van der Waals surface area (Å²) in [5.74, 6) is 0.251. The molecule has 1 atom stereocenters. The second-order valence-electron chi connectivity index (χ2n) is 3.03. The quantitative estimate of drug-likeness (QED) is 0.699. The third-order valence-electron chi connectivity index (χ3n) is 2.00. The van der Waals surface area contributed by atoms with Crippen molar-refractivity contribution in [2.75, 3.05) is 11.9 Å². The molecule has 2 nitrogen and oxygen atoms in total. The summed E-state index contributed by atoms with van der Waals surface area (Å²) in [5, 5.41) is 2.67. The molecule has 2 rings (SSSR count). The monoisotopic (exact) mass is 203 g/mol. The number of para-hydroxylation sites is 2. The van der Waals surface area contributed by atoms with E-state index in [0.29, 0.717) is 5.69 Å². The van der Waals surface area contributed by atoms with Crippen LogP contribution in [-0.2, 0) is 0 Å². The first kappa shape index (κ1) is 9.18. The second kappa shape index (κ2) is 3.08. The third kappa shape index (κ3) is 1.62. The highest BCUT2D eigenvalue weighted by Crippen LogP contribution is 2.33. The van der Waals surface area contributed by atoms with E-state index in [1.54, 1.807) is 18.2 Å².